The van der Waals surface area contributed by atoms with Gasteiger partial charge in [-0.15, -0.1) is 0 Å². The SMILES string of the molecule is COCC(=O)Nc1cc(Oc2ccc(NC(=O)Nc3cc(C(C)(C)C)nn3-c3ccc(P(C)(C)=O)cc3)c3ccccc23)ccn1. The number of methoxy groups -OCH3 is 1. The van der Waals surface area contributed by atoms with Crippen LogP contribution in [0.2, 0.25) is 0 Å². The van der Waals surface area contributed by atoms with Crippen LogP contribution in [0.15, 0.2) is 85.1 Å². The molecule has 0 aliphatic rings. The van der Waals surface area contributed by atoms with Crippen LogP contribution in [0.25, 0.3) is 16.5 Å². The minimum absolute atomic E-state index is 0.0886. The Hall–Kier alpha value is -4.99. The predicted octanol–water partition coefficient (Wildman–Crippen LogP) is 6.99. The molecule has 2 heterocycles. The summed E-state index contributed by atoms with van der Waals surface area (Å²) >= 11 is 0. The van der Waals surface area contributed by atoms with Crippen molar-refractivity contribution < 1.29 is 23.6 Å². The van der Waals surface area contributed by atoms with Crippen molar-refractivity contribution in [1.82, 2.24) is 14.8 Å². The molecule has 46 heavy (non-hydrogen) atoms. The van der Waals surface area contributed by atoms with Gasteiger partial charge in [-0.05, 0) is 55.8 Å². The molecule has 0 radical (unpaired) electrons. The van der Waals surface area contributed by atoms with Gasteiger partial charge in [0.05, 0.1) is 17.1 Å². The minimum Gasteiger partial charge on any atom is -0.457 e. The Morgan fingerprint density at radius 3 is 2.28 bits per heavy atom. The van der Waals surface area contributed by atoms with Gasteiger partial charge in [0, 0.05) is 46.9 Å². The second kappa shape index (κ2) is 13.2. The zero-order valence-corrected chi connectivity index (χ0v) is 27.5. The van der Waals surface area contributed by atoms with Gasteiger partial charge in [0.25, 0.3) is 5.91 Å². The standard InChI is InChI=1S/C34H37N6O5P/c1-34(2,3)29-20-31(40(39-29)22-11-13-24(14-12-22)46(5,6)43)38-33(42)36-27-15-16-28(26-10-8-7-9-25(26)27)45-23-17-18-35-30(19-23)37-32(41)21-44-4/h7-20H,21H2,1-6H3,(H,35,37,41)(H2,36,38,42). The highest BCUT2D eigenvalue weighted by Gasteiger charge is 2.22. The number of fused-ring (bicyclic) bond motifs is 1. The van der Waals surface area contributed by atoms with Crippen molar-refractivity contribution in [2.75, 3.05) is 43.0 Å². The summed E-state index contributed by atoms with van der Waals surface area (Å²) in [5.41, 5.74) is 1.84. The summed E-state index contributed by atoms with van der Waals surface area (Å²) in [6.07, 6.45) is 1.54. The number of amides is 3. The first-order valence-corrected chi connectivity index (χ1v) is 17.2. The van der Waals surface area contributed by atoms with Crippen molar-refractivity contribution in [1.29, 1.82) is 0 Å². The van der Waals surface area contributed by atoms with E-state index in [-0.39, 0.29) is 17.9 Å². The normalized spacial score (nSPS) is 11.7. The molecule has 11 nitrogen and oxygen atoms in total. The fraction of sp³-hybridized carbons (Fsp3) is 0.235. The van der Waals surface area contributed by atoms with Crippen LogP contribution in [-0.4, -0.2) is 53.7 Å². The highest BCUT2D eigenvalue weighted by atomic mass is 31.2. The maximum Gasteiger partial charge on any atom is 0.324 e. The molecule has 0 fully saturated rings. The highest BCUT2D eigenvalue weighted by Crippen LogP contribution is 2.36. The van der Waals surface area contributed by atoms with Crippen LogP contribution >= 0.6 is 7.14 Å². The number of nitrogens with zero attached hydrogens (tertiary/aromatic N) is 3. The first-order valence-electron chi connectivity index (χ1n) is 14.6. The number of hydrogen-bond donors (Lipinski definition) is 3. The minimum atomic E-state index is -2.42. The first kappa shape index (κ1) is 32.4. The van der Waals surface area contributed by atoms with Crippen molar-refractivity contribution in [2.24, 2.45) is 0 Å². The van der Waals surface area contributed by atoms with E-state index in [2.05, 4.69) is 41.7 Å². The van der Waals surface area contributed by atoms with Crippen molar-refractivity contribution in [3.8, 4) is 17.2 Å². The van der Waals surface area contributed by atoms with Gasteiger partial charge < -0.3 is 24.7 Å². The summed E-state index contributed by atoms with van der Waals surface area (Å²) in [5.74, 6) is 1.53. The van der Waals surface area contributed by atoms with Crippen LogP contribution in [0.5, 0.6) is 11.5 Å². The van der Waals surface area contributed by atoms with E-state index in [1.807, 2.05) is 54.6 Å². The number of ether oxygens (including phenoxy) is 2. The van der Waals surface area contributed by atoms with Gasteiger partial charge in [-0.25, -0.2) is 14.5 Å². The number of hydrogen-bond acceptors (Lipinski definition) is 7. The fourth-order valence-electron chi connectivity index (χ4n) is 4.71. The molecule has 5 aromatic rings. The third kappa shape index (κ3) is 7.62. The molecule has 0 saturated carbocycles. The Kier molecular flexibility index (Phi) is 9.27. The van der Waals surface area contributed by atoms with Gasteiger partial charge in [0.1, 0.15) is 36.9 Å². The molecule has 3 aromatic carbocycles. The Morgan fingerprint density at radius 2 is 1.61 bits per heavy atom. The molecule has 0 saturated heterocycles. The smallest absolute Gasteiger partial charge is 0.324 e. The summed E-state index contributed by atoms with van der Waals surface area (Å²) < 4.78 is 25.3. The van der Waals surface area contributed by atoms with E-state index in [1.165, 1.54) is 13.3 Å². The summed E-state index contributed by atoms with van der Waals surface area (Å²) in [7, 11) is -0.977. The number of urea groups is 1. The molecule has 3 amide bonds. The molecule has 0 atom stereocenters. The number of aromatic nitrogens is 3. The molecule has 2 aromatic heterocycles. The lowest BCUT2D eigenvalue weighted by Crippen LogP contribution is -2.21. The number of rotatable bonds is 9. The number of nitrogens with one attached hydrogen (secondary N) is 3. The monoisotopic (exact) mass is 640 g/mol. The number of benzene rings is 3. The van der Waals surface area contributed by atoms with E-state index in [0.29, 0.717) is 28.8 Å². The number of carbonyl (C=O) groups excluding carboxylic acids is 2. The molecule has 5 rings (SSSR count). The molecule has 0 aliphatic heterocycles. The van der Waals surface area contributed by atoms with Crippen molar-refractivity contribution in [3.05, 3.63) is 90.8 Å². The zero-order valence-electron chi connectivity index (χ0n) is 26.6. The summed E-state index contributed by atoms with van der Waals surface area (Å²) in [6.45, 7) is 9.53. The lowest BCUT2D eigenvalue weighted by Gasteiger charge is -2.15. The Bertz CT molecular complexity index is 1940. The summed E-state index contributed by atoms with van der Waals surface area (Å²) in [6, 6.07) is 23.2. The van der Waals surface area contributed by atoms with Crippen LogP contribution in [0, 0.1) is 0 Å². The topological polar surface area (TPSA) is 136 Å². The van der Waals surface area contributed by atoms with Crippen LogP contribution in [0.3, 0.4) is 0 Å². The first-order chi connectivity index (χ1) is 21.8. The van der Waals surface area contributed by atoms with Crippen LogP contribution in [0.4, 0.5) is 22.1 Å². The van der Waals surface area contributed by atoms with Crippen LogP contribution < -0.4 is 26.0 Å². The number of carbonyl (C=O) groups is 2. The molecule has 0 aliphatic carbocycles. The second-order valence-corrected chi connectivity index (χ2v) is 15.4. The van der Waals surface area contributed by atoms with Gasteiger partial charge in [0.15, 0.2) is 0 Å². The van der Waals surface area contributed by atoms with E-state index < -0.39 is 13.2 Å². The Labute approximate surface area is 267 Å². The highest BCUT2D eigenvalue weighted by molar-refractivity contribution is 7.70. The fourth-order valence-corrected chi connectivity index (χ4v) is 5.57. The number of pyridine rings is 1. The van der Waals surface area contributed by atoms with Gasteiger partial charge >= 0.3 is 6.03 Å². The van der Waals surface area contributed by atoms with E-state index >= 15 is 0 Å². The molecular weight excluding hydrogens is 603 g/mol. The molecular formula is C34H37N6O5P. The molecule has 0 spiro atoms. The lowest BCUT2D eigenvalue weighted by atomic mass is 9.92. The predicted molar refractivity (Wildman–Crippen MR) is 183 cm³/mol. The van der Waals surface area contributed by atoms with Crippen molar-refractivity contribution >= 4 is 52.5 Å². The Balaban J connectivity index is 1.39. The zero-order chi connectivity index (χ0) is 33.1. The molecule has 238 valence electrons. The third-order valence-corrected chi connectivity index (χ3v) is 8.61. The van der Waals surface area contributed by atoms with Gasteiger partial charge in [-0.3, -0.25) is 10.1 Å². The molecule has 0 unspecified atom stereocenters. The Morgan fingerprint density at radius 1 is 0.891 bits per heavy atom. The molecule has 0 bridgehead atoms. The van der Waals surface area contributed by atoms with Crippen LogP contribution in [0.1, 0.15) is 26.5 Å². The maximum absolute atomic E-state index is 13.4. The van der Waals surface area contributed by atoms with Crippen molar-refractivity contribution in [2.45, 2.75) is 26.2 Å². The quantitative estimate of drug-likeness (QED) is 0.148. The average Bonchev–Trinajstić information content (AvgIpc) is 3.43. The van der Waals surface area contributed by atoms with Crippen LogP contribution in [-0.2, 0) is 19.5 Å². The second-order valence-electron chi connectivity index (χ2n) is 12.1. The number of anilines is 3. The van der Waals surface area contributed by atoms with Gasteiger partial charge in [-0.2, -0.15) is 5.10 Å². The molecule has 12 heteroatoms. The van der Waals surface area contributed by atoms with E-state index in [9.17, 15) is 14.2 Å². The molecule has 3 N–H and O–H groups in total. The van der Waals surface area contributed by atoms with Crippen molar-refractivity contribution in [3.63, 3.8) is 0 Å². The third-order valence-electron chi connectivity index (χ3n) is 7.07. The summed E-state index contributed by atoms with van der Waals surface area (Å²) in [5, 5.41) is 15.7. The average molecular weight is 641 g/mol. The van der Waals surface area contributed by atoms with Gasteiger partial charge in [0.2, 0.25) is 0 Å². The van der Waals surface area contributed by atoms with E-state index in [1.54, 1.807) is 42.3 Å². The van der Waals surface area contributed by atoms with E-state index in [4.69, 9.17) is 14.6 Å². The largest absolute Gasteiger partial charge is 0.457 e. The maximum atomic E-state index is 13.4. The van der Waals surface area contributed by atoms with E-state index in [0.717, 1.165) is 27.5 Å². The summed E-state index contributed by atoms with van der Waals surface area (Å²) in [4.78, 5) is 29.5. The van der Waals surface area contributed by atoms with Gasteiger partial charge in [-0.1, -0.05) is 45.0 Å². The lowest BCUT2D eigenvalue weighted by molar-refractivity contribution is -0.119.